The van der Waals surface area contributed by atoms with E-state index in [2.05, 4.69) is 6.92 Å². The van der Waals surface area contributed by atoms with Crippen molar-refractivity contribution in [3.8, 4) is 11.5 Å². The van der Waals surface area contributed by atoms with Crippen molar-refractivity contribution in [1.82, 2.24) is 0 Å². The number of ether oxygens (including phenoxy) is 2. The Morgan fingerprint density at radius 2 is 1.83 bits per heavy atom. The molecule has 1 aliphatic rings. The van der Waals surface area contributed by atoms with E-state index in [0.717, 1.165) is 31.1 Å². The Kier molecular flexibility index (Phi) is 1.90. The Bertz CT molecular complexity index is 281. The SMILES string of the molecule is Cc1ccc2c(c1)OCCCO2. The van der Waals surface area contributed by atoms with Gasteiger partial charge in [-0.25, -0.2) is 0 Å². The van der Waals surface area contributed by atoms with Crippen LogP contribution in [0.5, 0.6) is 11.5 Å². The minimum absolute atomic E-state index is 0.760. The summed E-state index contributed by atoms with van der Waals surface area (Å²) in [7, 11) is 0. The molecule has 64 valence electrons. The van der Waals surface area contributed by atoms with Crippen LogP contribution in [0.15, 0.2) is 18.2 Å². The molecule has 0 aromatic heterocycles. The highest BCUT2D eigenvalue weighted by Gasteiger charge is 2.08. The van der Waals surface area contributed by atoms with Crippen molar-refractivity contribution in [3.63, 3.8) is 0 Å². The third-order valence-corrected chi connectivity index (χ3v) is 1.90. The molecule has 2 rings (SSSR count). The van der Waals surface area contributed by atoms with E-state index in [1.165, 1.54) is 5.56 Å². The summed E-state index contributed by atoms with van der Waals surface area (Å²) in [6.07, 6.45) is 0.966. The van der Waals surface area contributed by atoms with E-state index in [1.54, 1.807) is 0 Å². The molecule has 0 saturated carbocycles. The average Bonchev–Trinajstić information content (AvgIpc) is 2.28. The summed E-state index contributed by atoms with van der Waals surface area (Å²) in [5, 5.41) is 0. The van der Waals surface area contributed by atoms with Gasteiger partial charge in [0, 0.05) is 6.42 Å². The Morgan fingerprint density at radius 1 is 1.08 bits per heavy atom. The maximum Gasteiger partial charge on any atom is 0.161 e. The van der Waals surface area contributed by atoms with Crippen LogP contribution in [0, 0.1) is 6.92 Å². The largest absolute Gasteiger partial charge is 0.490 e. The summed E-state index contributed by atoms with van der Waals surface area (Å²) in [5.74, 6) is 1.76. The third kappa shape index (κ3) is 1.37. The molecule has 0 radical (unpaired) electrons. The zero-order valence-corrected chi connectivity index (χ0v) is 7.17. The smallest absolute Gasteiger partial charge is 0.161 e. The lowest BCUT2D eigenvalue weighted by atomic mass is 10.2. The summed E-state index contributed by atoms with van der Waals surface area (Å²) >= 11 is 0. The van der Waals surface area contributed by atoms with Crippen molar-refractivity contribution in [3.05, 3.63) is 23.8 Å². The lowest BCUT2D eigenvalue weighted by molar-refractivity contribution is 0.297. The number of aryl methyl sites for hydroxylation is 1. The molecule has 0 spiro atoms. The molecule has 0 bridgehead atoms. The van der Waals surface area contributed by atoms with Crippen molar-refractivity contribution < 1.29 is 9.47 Å². The minimum atomic E-state index is 0.760. The van der Waals surface area contributed by atoms with Gasteiger partial charge in [-0.15, -0.1) is 0 Å². The zero-order valence-electron chi connectivity index (χ0n) is 7.17. The molecule has 2 nitrogen and oxygen atoms in total. The predicted octanol–water partition coefficient (Wildman–Crippen LogP) is 2.16. The van der Waals surface area contributed by atoms with Gasteiger partial charge >= 0.3 is 0 Å². The molecule has 0 N–H and O–H groups in total. The van der Waals surface area contributed by atoms with Crippen molar-refractivity contribution in [1.29, 1.82) is 0 Å². The lowest BCUT2D eigenvalue weighted by Crippen LogP contribution is -1.97. The van der Waals surface area contributed by atoms with Crippen LogP contribution in [0.25, 0.3) is 0 Å². The van der Waals surface area contributed by atoms with E-state index in [1.807, 2.05) is 18.2 Å². The standard InChI is InChI=1S/C10H12O2/c1-8-3-4-9-10(7-8)12-6-2-5-11-9/h3-4,7H,2,5-6H2,1H3. The molecule has 0 atom stereocenters. The molecule has 1 aromatic rings. The maximum absolute atomic E-state index is 5.50. The Morgan fingerprint density at radius 3 is 2.67 bits per heavy atom. The van der Waals surface area contributed by atoms with Crippen LogP contribution in [0.4, 0.5) is 0 Å². The molecule has 0 fully saturated rings. The van der Waals surface area contributed by atoms with Crippen LogP contribution < -0.4 is 9.47 Å². The monoisotopic (exact) mass is 164 g/mol. The first-order valence-corrected chi connectivity index (χ1v) is 4.22. The van der Waals surface area contributed by atoms with Gasteiger partial charge < -0.3 is 9.47 Å². The lowest BCUT2D eigenvalue weighted by Gasteiger charge is -2.06. The Labute approximate surface area is 72.1 Å². The van der Waals surface area contributed by atoms with Crippen LogP contribution in [-0.4, -0.2) is 13.2 Å². The number of rotatable bonds is 0. The van der Waals surface area contributed by atoms with Gasteiger partial charge in [-0.1, -0.05) is 6.07 Å². The zero-order chi connectivity index (χ0) is 8.39. The molecule has 1 aromatic carbocycles. The summed E-state index contributed by atoms with van der Waals surface area (Å²) in [6, 6.07) is 6.02. The fourth-order valence-electron chi connectivity index (χ4n) is 1.27. The highest BCUT2D eigenvalue weighted by molar-refractivity contribution is 5.42. The second kappa shape index (κ2) is 3.05. The first kappa shape index (κ1) is 7.47. The molecular weight excluding hydrogens is 152 g/mol. The average molecular weight is 164 g/mol. The van der Waals surface area contributed by atoms with Gasteiger partial charge in [0.25, 0.3) is 0 Å². The number of hydrogen-bond donors (Lipinski definition) is 0. The molecule has 0 saturated heterocycles. The van der Waals surface area contributed by atoms with Crippen molar-refractivity contribution in [2.45, 2.75) is 13.3 Å². The van der Waals surface area contributed by atoms with Gasteiger partial charge in [-0.2, -0.15) is 0 Å². The van der Waals surface area contributed by atoms with Crippen molar-refractivity contribution in [2.75, 3.05) is 13.2 Å². The second-order valence-corrected chi connectivity index (χ2v) is 3.00. The van der Waals surface area contributed by atoms with Gasteiger partial charge in [0.1, 0.15) is 0 Å². The fraction of sp³-hybridized carbons (Fsp3) is 0.400. The van der Waals surface area contributed by atoms with Crippen molar-refractivity contribution in [2.24, 2.45) is 0 Å². The normalized spacial score (nSPS) is 15.4. The highest BCUT2D eigenvalue weighted by Crippen LogP contribution is 2.29. The maximum atomic E-state index is 5.50. The highest BCUT2D eigenvalue weighted by atomic mass is 16.5. The van der Waals surface area contributed by atoms with E-state index in [0.29, 0.717) is 0 Å². The van der Waals surface area contributed by atoms with Gasteiger partial charge in [0.05, 0.1) is 13.2 Å². The van der Waals surface area contributed by atoms with E-state index < -0.39 is 0 Å². The van der Waals surface area contributed by atoms with E-state index in [-0.39, 0.29) is 0 Å². The minimum Gasteiger partial charge on any atom is -0.490 e. The summed E-state index contributed by atoms with van der Waals surface area (Å²) in [5.41, 5.74) is 1.21. The van der Waals surface area contributed by atoms with Crippen LogP contribution in [0.3, 0.4) is 0 Å². The molecule has 0 unspecified atom stereocenters. The number of hydrogen-bond acceptors (Lipinski definition) is 2. The van der Waals surface area contributed by atoms with E-state index >= 15 is 0 Å². The van der Waals surface area contributed by atoms with Crippen LogP contribution in [0.1, 0.15) is 12.0 Å². The van der Waals surface area contributed by atoms with Crippen LogP contribution in [0.2, 0.25) is 0 Å². The number of fused-ring (bicyclic) bond motifs is 1. The van der Waals surface area contributed by atoms with E-state index in [9.17, 15) is 0 Å². The molecule has 2 heteroatoms. The first-order valence-electron chi connectivity index (χ1n) is 4.22. The van der Waals surface area contributed by atoms with Crippen molar-refractivity contribution >= 4 is 0 Å². The topological polar surface area (TPSA) is 18.5 Å². The van der Waals surface area contributed by atoms with Gasteiger partial charge in [0.2, 0.25) is 0 Å². The Hall–Kier alpha value is -1.18. The van der Waals surface area contributed by atoms with Gasteiger partial charge in [0.15, 0.2) is 11.5 Å². The van der Waals surface area contributed by atoms with Crippen LogP contribution in [-0.2, 0) is 0 Å². The quantitative estimate of drug-likeness (QED) is 0.585. The molecule has 1 aliphatic heterocycles. The van der Waals surface area contributed by atoms with Gasteiger partial charge in [-0.05, 0) is 24.6 Å². The first-order chi connectivity index (χ1) is 5.86. The van der Waals surface area contributed by atoms with Gasteiger partial charge in [-0.3, -0.25) is 0 Å². The summed E-state index contributed by atoms with van der Waals surface area (Å²) in [4.78, 5) is 0. The third-order valence-electron chi connectivity index (χ3n) is 1.90. The molecule has 0 aliphatic carbocycles. The fourth-order valence-corrected chi connectivity index (χ4v) is 1.27. The Balaban J connectivity index is 2.36. The summed E-state index contributed by atoms with van der Waals surface area (Å²) < 4.78 is 11.0. The summed E-state index contributed by atoms with van der Waals surface area (Å²) in [6.45, 7) is 3.57. The molecule has 0 amide bonds. The molecule has 1 heterocycles. The predicted molar refractivity (Wildman–Crippen MR) is 46.8 cm³/mol. The van der Waals surface area contributed by atoms with Crippen LogP contribution >= 0.6 is 0 Å². The number of benzene rings is 1. The second-order valence-electron chi connectivity index (χ2n) is 3.00. The molecular formula is C10H12O2. The van der Waals surface area contributed by atoms with E-state index in [4.69, 9.17) is 9.47 Å². The molecule has 12 heavy (non-hydrogen) atoms.